The van der Waals surface area contributed by atoms with Crippen LogP contribution in [0, 0.1) is 53.3 Å². The van der Waals surface area contributed by atoms with Crippen molar-refractivity contribution in [2.24, 2.45) is 53.3 Å². The SMILES string of the molecule is CC(=O)N[C@@H](C)C(=O)N[C@@H](C)C(=O)N[C@H](C(=O)N[C@@H](C)C(=O)N[C@@H](CC(C)C)C(=O)N[C@@H](CC(C)C)C(=O)N1CCC[C@H]1C(=O)N[C@@H](C)C(=O)N[C@H](C(=O)N[C@@H](CC(C)C)C(=O)N[C@@H](CC(C)C)C(=O)N[C@@H](C)C(=O)N[C@@H](CC(C)C)C(=O)N[C@@H](CC(C)C)C(=O)N[C@@H](C)C(=O)N1CCC[C@H]1C(=O)N[C@@H](CC(=O)O)C(=O)N[C@@H](CCC(=O)O)C(=O)N[C@H](C(=O)N[C@@H](CC(=O)O)C(=O)O)C(C)C)C(C)C)C(C)C. The maximum atomic E-state index is 14.7. The van der Waals surface area contributed by atoms with E-state index in [1.165, 1.54) is 67.2 Å². The van der Waals surface area contributed by atoms with Crippen molar-refractivity contribution in [2.45, 2.75) is 384 Å². The number of carbonyl (C=O) groups is 24. The summed E-state index contributed by atoms with van der Waals surface area (Å²) < 4.78 is 0. The molecule has 0 aliphatic carbocycles. The molecule has 2 fully saturated rings. The molecule has 0 unspecified atom stereocenters. The van der Waals surface area contributed by atoms with E-state index >= 15 is 0 Å². The number of rotatable bonds is 60. The molecular formula is C94H158N20O28. The van der Waals surface area contributed by atoms with E-state index < -0.39 is 306 Å². The Hall–Kier alpha value is -12.7. The van der Waals surface area contributed by atoms with E-state index in [1.807, 2.05) is 19.2 Å². The molecule has 0 bridgehead atoms. The van der Waals surface area contributed by atoms with Crippen molar-refractivity contribution < 1.29 is 135 Å². The fourth-order valence-electron chi connectivity index (χ4n) is 15.7. The summed E-state index contributed by atoms with van der Waals surface area (Å²) in [5, 5.41) is 83.7. The van der Waals surface area contributed by atoms with Crippen molar-refractivity contribution in [1.82, 2.24) is 106 Å². The van der Waals surface area contributed by atoms with Gasteiger partial charge >= 0.3 is 23.9 Å². The first kappa shape index (κ1) is 125. The Morgan fingerprint density at radius 3 is 0.845 bits per heavy atom. The first-order chi connectivity index (χ1) is 65.8. The summed E-state index contributed by atoms with van der Waals surface area (Å²) >= 11 is 0. The Kier molecular flexibility index (Phi) is 52.9. The molecule has 0 aromatic heterocycles. The van der Waals surface area contributed by atoms with Crippen LogP contribution in [0.1, 0.15) is 263 Å². The van der Waals surface area contributed by atoms with Crippen LogP contribution in [0.3, 0.4) is 0 Å². The van der Waals surface area contributed by atoms with Gasteiger partial charge in [-0.05, 0) is 165 Å². The van der Waals surface area contributed by atoms with Crippen LogP contribution in [-0.4, -0.2) is 306 Å². The van der Waals surface area contributed by atoms with Gasteiger partial charge in [0.2, 0.25) is 118 Å². The molecule has 22 N–H and O–H groups in total. The molecule has 0 spiro atoms. The number of carboxylic acids is 4. The quantitative estimate of drug-likeness (QED) is 0.0312. The lowest BCUT2D eigenvalue weighted by atomic mass is 9.98. The highest BCUT2D eigenvalue weighted by Crippen LogP contribution is 2.25. The lowest BCUT2D eigenvalue weighted by Crippen LogP contribution is -2.61. The molecule has 0 aromatic rings. The summed E-state index contributed by atoms with van der Waals surface area (Å²) in [4.78, 5) is 327. The monoisotopic (exact) mass is 2020 g/mol. The van der Waals surface area contributed by atoms with Crippen molar-refractivity contribution in [1.29, 1.82) is 0 Å². The van der Waals surface area contributed by atoms with Crippen LogP contribution >= 0.6 is 0 Å². The van der Waals surface area contributed by atoms with Crippen LogP contribution in [0.2, 0.25) is 0 Å². The fourth-order valence-corrected chi connectivity index (χ4v) is 15.7. The molecule has 48 heteroatoms. The van der Waals surface area contributed by atoms with Crippen molar-refractivity contribution >= 4 is 142 Å². The van der Waals surface area contributed by atoms with E-state index in [2.05, 4.69) is 90.4 Å². The maximum Gasteiger partial charge on any atom is 0.326 e. The molecule has 0 saturated carbocycles. The number of aliphatic carboxylic acids is 4. The highest BCUT2D eigenvalue weighted by atomic mass is 16.4. The summed E-state index contributed by atoms with van der Waals surface area (Å²) in [5.41, 5.74) is 0. The van der Waals surface area contributed by atoms with Crippen molar-refractivity contribution in [3.8, 4) is 0 Å². The maximum absolute atomic E-state index is 14.7. The molecule has 20 amide bonds. The van der Waals surface area contributed by atoms with Crippen LogP contribution in [0.15, 0.2) is 0 Å². The molecule has 0 aromatic carbocycles. The van der Waals surface area contributed by atoms with Gasteiger partial charge in [0.25, 0.3) is 0 Å². The molecule has 0 radical (unpaired) electrons. The average Bonchev–Trinajstić information content (AvgIpc) is 1.60. The average molecular weight is 2020 g/mol. The largest absolute Gasteiger partial charge is 0.481 e. The van der Waals surface area contributed by atoms with E-state index in [1.54, 1.807) is 96.9 Å². The van der Waals surface area contributed by atoms with Crippen LogP contribution < -0.4 is 95.7 Å². The molecule has 2 aliphatic rings. The third-order valence-electron chi connectivity index (χ3n) is 23.3. The van der Waals surface area contributed by atoms with Crippen molar-refractivity contribution in [3.05, 3.63) is 0 Å². The van der Waals surface area contributed by atoms with Gasteiger partial charge in [-0.2, -0.15) is 0 Å². The highest BCUT2D eigenvalue weighted by Gasteiger charge is 2.45. The van der Waals surface area contributed by atoms with Gasteiger partial charge in [-0.3, -0.25) is 110 Å². The Morgan fingerprint density at radius 2 is 0.493 bits per heavy atom. The Labute approximate surface area is 829 Å². The number of nitrogens with zero attached hydrogens (tertiary/aromatic N) is 2. The minimum atomic E-state index is -2.00. The van der Waals surface area contributed by atoms with E-state index in [0.29, 0.717) is 6.42 Å². The Balaban J connectivity index is 2.30. The van der Waals surface area contributed by atoms with Gasteiger partial charge in [-0.15, -0.1) is 0 Å². The van der Waals surface area contributed by atoms with Gasteiger partial charge in [-0.1, -0.05) is 125 Å². The van der Waals surface area contributed by atoms with Gasteiger partial charge in [0.15, 0.2) is 0 Å². The second-order valence-corrected chi connectivity index (χ2v) is 40.4. The number of carbonyl (C=O) groups excluding carboxylic acids is 20. The molecule has 48 nitrogen and oxygen atoms in total. The predicted molar refractivity (Wildman–Crippen MR) is 514 cm³/mol. The fraction of sp³-hybridized carbons (Fsp3) is 0.745. The van der Waals surface area contributed by atoms with E-state index in [4.69, 9.17) is 0 Å². The van der Waals surface area contributed by atoms with Crippen LogP contribution in [-0.2, 0) is 115 Å². The number of hydrogen-bond donors (Lipinski definition) is 22. The molecule has 2 aliphatic heterocycles. The summed E-state index contributed by atoms with van der Waals surface area (Å²) in [6.07, 6.45) is -2.84. The van der Waals surface area contributed by atoms with Crippen LogP contribution in [0.25, 0.3) is 0 Å². The molecule has 20 atom stereocenters. The highest BCUT2D eigenvalue weighted by molar-refractivity contribution is 6.03. The Bertz CT molecular complexity index is 4440. The van der Waals surface area contributed by atoms with E-state index in [0.717, 1.165) is 4.90 Å². The lowest BCUT2D eigenvalue weighted by molar-refractivity contribution is -0.147. The van der Waals surface area contributed by atoms with Crippen molar-refractivity contribution in [3.63, 3.8) is 0 Å². The molecule has 142 heavy (non-hydrogen) atoms. The lowest BCUT2D eigenvalue weighted by Gasteiger charge is -2.32. The second-order valence-electron chi connectivity index (χ2n) is 40.4. The number of amides is 20. The minimum absolute atomic E-state index is 0.00549. The molecular weight excluding hydrogens is 1860 g/mol. The van der Waals surface area contributed by atoms with Gasteiger partial charge in [-0.25, -0.2) is 4.79 Å². The normalized spacial score (nSPS) is 17.4. The third-order valence-corrected chi connectivity index (χ3v) is 23.3. The van der Waals surface area contributed by atoms with E-state index in [-0.39, 0.29) is 106 Å². The number of likely N-dealkylation sites (tertiary alicyclic amines) is 2. The van der Waals surface area contributed by atoms with Gasteiger partial charge in [0, 0.05) is 26.4 Å². The molecule has 802 valence electrons. The zero-order chi connectivity index (χ0) is 109. The summed E-state index contributed by atoms with van der Waals surface area (Å²) in [6.45, 7) is 40.0. The Morgan fingerprint density at radius 1 is 0.246 bits per heavy atom. The van der Waals surface area contributed by atoms with Gasteiger partial charge in [0.1, 0.15) is 121 Å². The standard InChI is InChI=1S/C94H158N20O28/c1-42(2)34-59(81(128)97-52(20)76(123)102-61(36-44(5)6)83(130)105-60(35-43(3)4)82(129)100-56(24)92(139)113-32-26-29-68(113)88(135)106-64(40-70(118)119)86(133)101-58(30-31-69(116)117)80(127)112-74(50(17)18)91(138)109-66(94(141)142)41-71(120)121)104-84(131)63(38-46(9)10)107-90(137)73(49(15)16)111-79(126)55(23)98-87(134)67-28-27-33-114(67)93(140)65(39-47(11)12)108-85(132)62(37-45(7)8)103-77(124)53(21)99-89(136)72(48(13)14)110-78(125)54(22)96-75(122)51(19)95-57(25)115/h42-56,58-68,72-74H,26-41H2,1-25H3,(H,95,115)(H,96,122)(H,97,128)(H,98,134)(H,99,136)(H,100,129)(H,101,133)(H,102,123)(H,103,124)(H,104,131)(H,105,130)(H,106,135)(H,107,137)(H,108,132)(H,109,138)(H,110,125)(H,111,126)(H,112,127)(H,116,117)(H,118,119)(H,120,121)(H,141,142)/t51-,52-,53-,54-,55-,56-,58-,59-,60-,61-,62-,63-,64-,65-,66-,67-,68-,72-,73-,74-/m0/s1. The van der Waals surface area contributed by atoms with Crippen LogP contribution in [0.4, 0.5) is 0 Å². The summed E-state index contributed by atoms with van der Waals surface area (Å²) in [7, 11) is 0. The summed E-state index contributed by atoms with van der Waals surface area (Å²) in [6, 6.07) is -27.8. The third kappa shape index (κ3) is 43.4. The predicted octanol–water partition coefficient (Wildman–Crippen LogP) is -2.02. The van der Waals surface area contributed by atoms with Gasteiger partial charge in [0.05, 0.1) is 12.8 Å². The van der Waals surface area contributed by atoms with Crippen LogP contribution in [0.5, 0.6) is 0 Å². The smallest absolute Gasteiger partial charge is 0.326 e. The van der Waals surface area contributed by atoms with Crippen molar-refractivity contribution in [2.75, 3.05) is 13.1 Å². The number of nitrogens with one attached hydrogen (secondary N) is 18. The first-order valence-corrected chi connectivity index (χ1v) is 48.7. The second kappa shape index (κ2) is 59.9. The van der Waals surface area contributed by atoms with Gasteiger partial charge < -0.3 is 126 Å². The topological polar surface area (TPSA) is 714 Å². The number of carboxylic acid groups (broad SMARTS) is 4. The number of hydrogen-bond acceptors (Lipinski definition) is 24. The van der Waals surface area contributed by atoms with E-state index in [9.17, 15) is 135 Å². The minimum Gasteiger partial charge on any atom is -0.481 e. The first-order valence-electron chi connectivity index (χ1n) is 48.7. The zero-order valence-electron chi connectivity index (χ0n) is 86.5. The molecule has 2 rings (SSSR count). The molecule has 2 saturated heterocycles. The zero-order valence-corrected chi connectivity index (χ0v) is 86.5. The summed E-state index contributed by atoms with van der Waals surface area (Å²) in [5.74, 6) is -26.9. The molecule has 2 heterocycles.